The molecule has 1 fully saturated rings. The van der Waals surface area contributed by atoms with Gasteiger partial charge < -0.3 is 15.0 Å². The molecule has 154 valence electrons. The molecule has 0 unspecified atom stereocenters. The van der Waals surface area contributed by atoms with E-state index in [0.717, 1.165) is 38.1 Å². The SMILES string of the molecule is O=C(Nc1ccc(OC(F)(F)F)cc1)c1ccccc1SCC(=O)N1CCCC1. The Hall–Kier alpha value is -2.68. The van der Waals surface area contributed by atoms with Crippen molar-refractivity contribution in [3.63, 3.8) is 0 Å². The van der Waals surface area contributed by atoms with Gasteiger partial charge in [0.25, 0.3) is 5.91 Å². The normalized spacial score (nSPS) is 14.0. The Kier molecular flexibility index (Phi) is 6.68. The molecule has 9 heteroatoms. The third-order valence-corrected chi connectivity index (χ3v) is 5.35. The molecule has 2 aromatic rings. The molecule has 0 spiro atoms. The van der Waals surface area contributed by atoms with Gasteiger partial charge in [-0.1, -0.05) is 12.1 Å². The molecule has 3 rings (SSSR count). The first-order chi connectivity index (χ1) is 13.8. The highest BCUT2D eigenvalue weighted by atomic mass is 32.2. The van der Waals surface area contributed by atoms with E-state index in [0.29, 0.717) is 16.1 Å². The number of likely N-dealkylation sites (tertiary alicyclic amines) is 1. The summed E-state index contributed by atoms with van der Waals surface area (Å²) >= 11 is 1.29. The lowest BCUT2D eigenvalue weighted by molar-refractivity contribution is -0.274. The molecule has 0 aliphatic carbocycles. The Balaban J connectivity index is 1.62. The van der Waals surface area contributed by atoms with Gasteiger partial charge in [0.05, 0.1) is 11.3 Å². The quantitative estimate of drug-likeness (QED) is 0.691. The topological polar surface area (TPSA) is 58.6 Å². The molecule has 0 atom stereocenters. The molecule has 1 saturated heterocycles. The number of nitrogens with zero attached hydrogens (tertiary/aromatic N) is 1. The molecule has 0 aromatic heterocycles. The highest BCUT2D eigenvalue weighted by Gasteiger charge is 2.31. The number of alkyl halides is 3. The van der Waals surface area contributed by atoms with Gasteiger partial charge in [0.15, 0.2) is 0 Å². The summed E-state index contributed by atoms with van der Waals surface area (Å²) in [4.78, 5) is 27.3. The molecule has 1 aliphatic rings. The maximum Gasteiger partial charge on any atom is 0.573 e. The van der Waals surface area contributed by atoms with Gasteiger partial charge >= 0.3 is 6.36 Å². The number of rotatable bonds is 6. The van der Waals surface area contributed by atoms with Gasteiger partial charge in [-0.05, 0) is 49.2 Å². The van der Waals surface area contributed by atoms with Crippen molar-refractivity contribution in [3.05, 3.63) is 54.1 Å². The Bertz CT molecular complexity index is 866. The second kappa shape index (κ2) is 9.21. The first-order valence-corrected chi connectivity index (χ1v) is 9.97. The van der Waals surface area contributed by atoms with E-state index in [9.17, 15) is 22.8 Å². The van der Waals surface area contributed by atoms with Crippen LogP contribution >= 0.6 is 11.8 Å². The molecule has 0 saturated carbocycles. The van der Waals surface area contributed by atoms with Crippen molar-refractivity contribution < 1.29 is 27.5 Å². The summed E-state index contributed by atoms with van der Waals surface area (Å²) in [7, 11) is 0. The van der Waals surface area contributed by atoms with Crippen LogP contribution in [0.1, 0.15) is 23.2 Å². The number of nitrogens with one attached hydrogen (secondary N) is 1. The van der Waals surface area contributed by atoms with E-state index in [4.69, 9.17) is 0 Å². The maximum absolute atomic E-state index is 12.6. The van der Waals surface area contributed by atoms with Gasteiger partial charge in [-0.15, -0.1) is 24.9 Å². The van der Waals surface area contributed by atoms with E-state index < -0.39 is 12.3 Å². The average molecular weight is 424 g/mol. The fraction of sp³-hybridized carbons (Fsp3) is 0.300. The summed E-state index contributed by atoms with van der Waals surface area (Å²) < 4.78 is 40.5. The van der Waals surface area contributed by atoms with E-state index in [2.05, 4.69) is 10.1 Å². The highest BCUT2D eigenvalue weighted by molar-refractivity contribution is 8.00. The zero-order chi connectivity index (χ0) is 20.9. The van der Waals surface area contributed by atoms with Crippen molar-refractivity contribution in [3.8, 4) is 5.75 Å². The van der Waals surface area contributed by atoms with Crippen LogP contribution in [-0.2, 0) is 4.79 Å². The molecule has 1 aliphatic heterocycles. The Labute approximate surface area is 170 Å². The van der Waals surface area contributed by atoms with Crippen molar-refractivity contribution in [2.24, 2.45) is 0 Å². The van der Waals surface area contributed by atoms with Crippen molar-refractivity contribution in [2.45, 2.75) is 24.1 Å². The number of ether oxygens (including phenoxy) is 1. The summed E-state index contributed by atoms with van der Waals surface area (Å²) in [5, 5.41) is 2.65. The van der Waals surface area contributed by atoms with Crippen molar-refractivity contribution in [2.75, 3.05) is 24.2 Å². The minimum Gasteiger partial charge on any atom is -0.406 e. The largest absolute Gasteiger partial charge is 0.573 e. The van der Waals surface area contributed by atoms with Crippen molar-refractivity contribution in [1.82, 2.24) is 4.90 Å². The molecule has 0 radical (unpaired) electrons. The standard InChI is InChI=1S/C20H19F3N2O3S/c21-20(22,23)28-15-9-7-14(8-10-15)24-19(27)16-5-1-2-6-17(16)29-13-18(26)25-11-3-4-12-25/h1-2,5-10H,3-4,11-13H2,(H,24,27). The number of carbonyl (C=O) groups excluding carboxylic acids is 2. The van der Waals surface area contributed by atoms with Gasteiger partial charge in [0, 0.05) is 23.7 Å². The first-order valence-electron chi connectivity index (χ1n) is 8.98. The van der Waals surface area contributed by atoms with Crippen LogP contribution in [0.3, 0.4) is 0 Å². The van der Waals surface area contributed by atoms with Crippen LogP contribution in [0.15, 0.2) is 53.4 Å². The molecule has 5 nitrogen and oxygen atoms in total. The molecule has 29 heavy (non-hydrogen) atoms. The third-order valence-electron chi connectivity index (χ3n) is 4.29. The zero-order valence-electron chi connectivity index (χ0n) is 15.4. The zero-order valence-corrected chi connectivity index (χ0v) is 16.2. The Morgan fingerprint density at radius 3 is 2.34 bits per heavy atom. The van der Waals surface area contributed by atoms with Crippen LogP contribution in [0.5, 0.6) is 5.75 Å². The number of benzene rings is 2. The summed E-state index contributed by atoms with van der Waals surface area (Å²) in [5.41, 5.74) is 0.722. The van der Waals surface area contributed by atoms with Gasteiger partial charge in [-0.2, -0.15) is 0 Å². The summed E-state index contributed by atoms with van der Waals surface area (Å²) in [6.07, 6.45) is -2.74. The molecular weight excluding hydrogens is 405 g/mol. The minimum atomic E-state index is -4.77. The molecule has 2 aromatic carbocycles. The molecule has 0 bridgehead atoms. The third kappa shape index (κ3) is 6.15. The van der Waals surface area contributed by atoms with E-state index >= 15 is 0 Å². The smallest absolute Gasteiger partial charge is 0.406 e. The van der Waals surface area contributed by atoms with Gasteiger partial charge in [0.1, 0.15) is 5.75 Å². The monoisotopic (exact) mass is 424 g/mol. The number of carbonyl (C=O) groups is 2. The minimum absolute atomic E-state index is 0.0444. The molecule has 1 heterocycles. The lowest BCUT2D eigenvalue weighted by atomic mass is 10.2. The number of hydrogen-bond donors (Lipinski definition) is 1. The lowest BCUT2D eigenvalue weighted by Crippen LogP contribution is -2.29. The van der Waals surface area contributed by atoms with Gasteiger partial charge in [0.2, 0.25) is 5.91 Å². The average Bonchev–Trinajstić information content (AvgIpc) is 3.21. The fourth-order valence-corrected chi connectivity index (χ4v) is 3.87. The van der Waals surface area contributed by atoms with Crippen molar-refractivity contribution in [1.29, 1.82) is 0 Å². The van der Waals surface area contributed by atoms with Crippen molar-refractivity contribution >= 4 is 29.3 Å². The van der Waals surface area contributed by atoms with E-state index in [-0.39, 0.29) is 17.4 Å². The Morgan fingerprint density at radius 1 is 1.03 bits per heavy atom. The van der Waals surface area contributed by atoms with Crippen LogP contribution < -0.4 is 10.1 Å². The molecule has 2 amide bonds. The van der Waals surface area contributed by atoms with E-state index in [1.807, 2.05) is 4.90 Å². The number of hydrogen-bond acceptors (Lipinski definition) is 4. The maximum atomic E-state index is 12.6. The second-order valence-corrected chi connectivity index (χ2v) is 7.42. The molecule has 1 N–H and O–H groups in total. The van der Waals surface area contributed by atoms with E-state index in [1.54, 1.807) is 24.3 Å². The summed E-state index contributed by atoms with van der Waals surface area (Å²) in [6, 6.07) is 11.8. The number of thioether (sulfide) groups is 1. The summed E-state index contributed by atoms with van der Waals surface area (Å²) in [6.45, 7) is 1.55. The first kappa shape index (κ1) is 21.0. The van der Waals surface area contributed by atoms with E-state index in [1.165, 1.54) is 23.9 Å². The van der Waals surface area contributed by atoms with Crippen LogP contribution in [0, 0.1) is 0 Å². The number of anilines is 1. The van der Waals surface area contributed by atoms with Gasteiger partial charge in [-0.25, -0.2) is 0 Å². The van der Waals surface area contributed by atoms with Crippen LogP contribution in [0.25, 0.3) is 0 Å². The summed E-state index contributed by atoms with van der Waals surface area (Å²) in [5.74, 6) is -0.491. The highest BCUT2D eigenvalue weighted by Crippen LogP contribution is 2.26. The van der Waals surface area contributed by atoms with Gasteiger partial charge in [-0.3, -0.25) is 9.59 Å². The molecular formula is C20H19F3N2O3S. The predicted octanol–water partition coefficient (Wildman–Crippen LogP) is 4.55. The fourth-order valence-electron chi connectivity index (χ4n) is 2.92. The number of halogens is 3. The van der Waals surface area contributed by atoms with Crippen LogP contribution in [0.2, 0.25) is 0 Å². The number of amides is 2. The predicted molar refractivity (Wildman–Crippen MR) is 104 cm³/mol. The van der Waals surface area contributed by atoms with Crippen LogP contribution in [0.4, 0.5) is 18.9 Å². The lowest BCUT2D eigenvalue weighted by Gasteiger charge is -2.15. The van der Waals surface area contributed by atoms with Crippen LogP contribution in [-0.4, -0.2) is 41.9 Å². The Morgan fingerprint density at radius 2 is 1.69 bits per heavy atom. The second-order valence-electron chi connectivity index (χ2n) is 6.40.